The second kappa shape index (κ2) is 9.60. The number of hydrogen-bond acceptors (Lipinski definition) is 5. The number of rotatable bonds is 12. The van der Waals surface area contributed by atoms with E-state index < -0.39 is 28.1 Å². The molecule has 2 rings (SSSR count). The molecule has 9 heteroatoms. The van der Waals surface area contributed by atoms with Crippen LogP contribution in [0.5, 0.6) is 0 Å². The summed E-state index contributed by atoms with van der Waals surface area (Å²) in [6, 6.07) is 0. The normalized spacial score (nSPS) is 26.3. The Balaban J connectivity index is 1.89. The second-order valence-corrected chi connectivity index (χ2v) is 9.35. The van der Waals surface area contributed by atoms with Gasteiger partial charge in [0.15, 0.2) is 0 Å². The van der Waals surface area contributed by atoms with E-state index in [2.05, 4.69) is 6.92 Å². The molecule has 0 aliphatic heterocycles. The van der Waals surface area contributed by atoms with Crippen LogP contribution in [0.25, 0.3) is 0 Å². The van der Waals surface area contributed by atoms with Gasteiger partial charge in [-0.05, 0) is 37.5 Å². The molecular formula is C18H30F2O6S. The van der Waals surface area contributed by atoms with E-state index in [-0.39, 0.29) is 24.9 Å². The van der Waals surface area contributed by atoms with Crippen molar-refractivity contribution in [1.82, 2.24) is 0 Å². The maximum Gasteiger partial charge on any atom is 0.392 e. The Bertz CT molecular complexity index is 595. The third-order valence-corrected chi connectivity index (χ3v) is 6.59. The lowest BCUT2D eigenvalue weighted by Crippen LogP contribution is -2.38. The van der Waals surface area contributed by atoms with Crippen LogP contribution >= 0.6 is 0 Å². The minimum atomic E-state index is -5.53. The van der Waals surface area contributed by atoms with Crippen molar-refractivity contribution in [2.75, 3.05) is 13.2 Å². The van der Waals surface area contributed by atoms with Gasteiger partial charge in [0.2, 0.25) is 0 Å². The van der Waals surface area contributed by atoms with E-state index in [1.165, 1.54) is 0 Å². The van der Waals surface area contributed by atoms with Crippen LogP contribution in [0.3, 0.4) is 0 Å². The monoisotopic (exact) mass is 412 g/mol. The van der Waals surface area contributed by atoms with Crippen LogP contribution in [0.1, 0.15) is 64.7 Å². The molecule has 6 nitrogen and oxygen atoms in total. The Hall–Kier alpha value is -0.800. The second-order valence-electron chi connectivity index (χ2n) is 7.81. The smallest absolute Gasteiger partial charge is 0.392 e. The Morgan fingerprint density at radius 3 is 2.52 bits per heavy atom. The molecule has 0 heterocycles. The number of ether oxygens (including phenoxy) is 2. The first-order valence-electron chi connectivity index (χ1n) is 9.76. The van der Waals surface area contributed by atoms with Crippen LogP contribution in [-0.2, 0) is 24.4 Å². The van der Waals surface area contributed by atoms with Crippen molar-refractivity contribution in [2.45, 2.75) is 76.1 Å². The number of alkyl halides is 2. The predicted molar refractivity (Wildman–Crippen MR) is 94.9 cm³/mol. The highest BCUT2D eigenvalue weighted by atomic mass is 32.2. The number of carbonyl (C=O) groups excluding carboxylic acids is 1. The van der Waals surface area contributed by atoms with E-state index in [1.54, 1.807) is 0 Å². The minimum Gasteiger partial charge on any atom is -0.460 e. The van der Waals surface area contributed by atoms with Crippen molar-refractivity contribution in [3.63, 3.8) is 0 Å². The van der Waals surface area contributed by atoms with E-state index >= 15 is 0 Å². The highest BCUT2D eigenvalue weighted by Gasteiger charge is 2.47. The molecule has 2 saturated carbocycles. The zero-order valence-corrected chi connectivity index (χ0v) is 16.6. The van der Waals surface area contributed by atoms with Crippen LogP contribution in [0.2, 0.25) is 0 Å². The highest BCUT2D eigenvalue weighted by molar-refractivity contribution is 7.86. The molecule has 2 bridgehead atoms. The Labute approximate surface area is 159 Å². The van der Waals surface area contributed by atoms with Crippen LogP contribution in [0.4, 0.5) is 8.78 Å². The number of esters is 1. The fraction of sp³-hybridized carbons (Fsp3) is 0.944. The van der Waals surface area contributed by atoms with E-state index in [4.69, 9.17) is 14.0 Å². The van der Waals surface area contributed by atoms with Gasteiger partial charge < -0.3 is 9.47 Å². The summed E-state index contributed by atoms with van der Waals surface area (Å²) in [5, 5.41) is -4.38. The standard InChI is InChI=1S/C18H30F2O6S/c1-2-3-4-5-6-17(21)26-16(15-10-13-7-8-14(15)9-13)11-25-12-18(19,20)27(22,23)24/h13-16H,2-12H2,1H3,(H,22,23,24). The van der Waals surface area contributed by atoms with E-state index in [9.17, 15) is 22.0 Å². The van der Waals surface area contributed by atoms with E-state index in [1.807, 2.05) is 0 Å². The van der Waals surface area contributed by atoms with Crippen molar-refractivity contribution in [1.29, 1.82) is 0 Å². The average Bonchev–Trinajstić information content (AvgIpc) is 3.20. The van der Waals surface area contributed by atoms with Crippen molar-refractivity contribution in [3.8, 4) is 0 Å². The molecule has 4 unspecified atom stereocenters. The molecule has 4 atom stereocenters. The quantitative estimate of drug-likeness (QED) is 0.298. The van der Waals surface area contributed by atoms with Crippen LogP contribution in [0, 0.1) is 17.8 Å². The molecule has 0 radical (unpaired) electrons. The van der Waals surface area contributed by atoms with E-state index in [0.717, 1.165) is 51.4 Å². The molecule has 27 heavy (non-hydrogen) atoms. The molecule has 0 aromatic heterocycles. The summed E-state index contributed by atoms with van der Waals surface area (Å²) in [4.78, 5) is 12.1. The van der Waals surface area contributed by atoms with Crippen molar-refractivity contribution < 1.29 is 36.0 Å². The van der Waals surface area contributed by atoms with Gasteiger partial charge in [0.05, 0.1) is 6.61 Å². The van der Waals surface area contributed by atoms with E-state index in [0.29, 0.717) is 11.8 Å². The molecule has 158 valence electrons. The van der Waals surface area contributed by atoms with Crippen LogP contribution in [0.15, 0.2) is 0 Å². The van der Waals surface area contributed by atoms with Gasteiger partial charge in [0.25, 0.3) is 0 Å². The summed E-state index contributed by atoms with van der Waals surface area (Å²) in [5.74, 6) is 0.648. The van der Waals surface area contributed by atoms with Gasteiger partial charge in [-0.1, -0.05) is 32.6 Å². The lowest BCUT2D eigenvalue weighted by Gasteiger charge is -2.30. The molecule has 0 saturated heterocycles. The maximum atomic E-state index is 13.3. The maximum absolute atomic E-state index is 13.3. The number of unbranched alkanes of at least 4 members (excludes halogenated alkanes) is 3. The third kappa shape index (κ3) is 6.35. The van der Waals surface area contributed by atoms with Gasteiger partial charge in [-0.15, -0.1) is 0 Å². The molecule has 2 aliphatic carbocycles. The highest BCUT2D eigenvalue weighted by Crippen LogP contribution is 2.50. The van der Waals surface area contributed by atoms with Gasteiger partial charge in [-0.2, -0.15) is 17.2 Å². The topological polar surface area (TPSA) is 89.9 Å². The molecule has 2 fully saturated rings. The first-order chi connectivity index (χ1) is 12.6. The molecule has 0 spiro atoms. The first kappa shape index (κ1) is 22.5. The zero-order valence-electron chi connectivity index (χ0n) is 15.7. The van der Waals surface area contributed by atoms with Crippen LogP contribution < -0.4 is 0 Å². The zero-order chi connectivity index (χ0) is 20.1. The lowest BCUT2D eigenvalue weighted by atomic mass is 9.85. The Morgan fingerprint density at radius 2 is 1.96 bits per heavy atom. The van der Waals surface area contributed by atoms with Gasteiger partial charge in [0, 0.05) is 12.3 Å². The van der Waals surface area contributed by atoms with Crippen molar-refractivity contribution in [2.24, 2.45) is 17.8 Å². The third-order valence-electron chi connectivity index (χ3n) is 5.72. The summed E-state index contributed by atoms with van der Waals surface area (Å²) >= 11 is 0. The average molecular weight is 412 g/mol. The van der Waals surface area contributed by atoms with Crippen molar-refractivity contribution in [3.05, 3.63) is 0 Å². The van der Waals surface area contributed by atoms with Crippen LogP contribution in [-0.4, -0.2) is 43.5 Å². The number of hydrogen-bond donors (Lipinski definition) is 1. The summed E-state index contributed by atoms with van der Waals surface area (Å²) in [7, 11) is -5.53. The molecule has 0 amide bonds. The summed E-state index contributed by atoms with van der Waals surface area (Å²) in [6.07, 6.45) is 7.46. The molecule has 0 aromatic rings. The van der Waals surface area contributed by atoms with Gasteiger partial charge >= 0.3 is 21.3 Å². The fourth-order valence-corrected chi connectivity index (χ4v) is 4.52. The summed E-state index contributed by atoms with van der Waals surface area (Å²) in [6.45, 7) is 0.320. The molecule has 1 N–H and O–H groups in total. The number of fused-ring (bicyclic) bond motifs is 2. The largest absolute Gasteiger partial charge is 0.460 e. The number of carbonyl (C=O) groups is 1. The van der Waals surface area contributed by atoms with Gasteiger partial charge in [-0.3, -0.25) is 9.35 Å². The molecule has 2 aliphatic rings. The van der Waals surface area contributed by atoms with Crippen molar-refractivity contribution >= 4 is 16.1 Å². The molecule has 0 aromatic carbocycles. The summed E-state index contributed by atoms with van der Waals surface area (Å²) in [5.41, 5.74) is 0. The fourth-order valence-electron chi connectivity index (χ4n) is 4.29. The predicted octanol–water partition coefficient (Wildman–Crippen LogP) is 3.80. The van der Waals surface area contributed by atoms with Gasteiger partial charge in [-0.25, -0.2) is 0 Å². The number of halogens is 2. The Kier molecular flexibility index (Phi) is 8.00. The summed E-state index contributed by atoms with van der Waals surface area (Å²) < 4.78 is 67.0. The lowest BCUT2D eigenvalue weighted by molar-refractivity contribution is -0.159. The molecular weight excluding hydrogens is 382 g/mol. The SMILES string of the molecule is CCCCCCC(=O)OC(COCC(F)(F)S(=O)(=O)O)C1CC2CCC1C2. The minimum absolute atomic E-state index is 0.0581. The first-order valence-corrected chi connectivity index (χ1v) is 11.2. The van der Waals surface area contributed by atoms with Gasteiger partial charge in [0.1, 0.15) is 12.7 Å². The Morgan fingerprint density at radius 1 is 1.22 bits per heavy atom.